The largest absolute Gasteiger partial charge is 0.478 e. The average molecular weight is 510 g/mol. The number of carboxylic acid groups (broad SMARTS) is 1. The van der Waals surface area contributed by atoms with Crippen molar-refractivity contribution in [2.24, 2.45) is 10.7 Å². The highest BCUT2D eigenvalue weighted by molar-refractivity contribution is 6.31. The van der Waals surface area contributed by atoms with E-state index in [-0.39, 0.29) is 39.2 Å². The number of hydrogen-bond donors (Lipinski definition) is 4. The summed E-state index contributed by atoms with van der Waals surface area (Å²) in [6.45, 7) is 3.69. The van der Waals surface area contributed by atoms with Crippen LogP contribution < -0.4 is 16.8 Å². The molecule has 0 saturated carbocycles. The van der Waals surface area contributed by atoms with Crippen LogP contribution in [-0.2, 0) is 6.18 Å². The lowest BCUT2D eigenvalue weighted by atomic mass is 10.1. The standard InChI is InChI=1S/C21H16ClF4N7O2/c1-10(31-12-2-3-16(23)15(22)7-12)29-9-14(11-6-13(20(34)35)18(27)30-8-11)19(28)33-5-4-17(32-33)21(24,25)26/h2-9,31H,1,28H2,(H2,27,30)(H,34,35)/b19-14-,29-9-. The van der Waals surface area contributed by atoms with E-state index < -0.39 is 23.7 Å². The van der Waals surface area contributed by atoms with E-state index in [0.717, 1.165) is 29.2 Å². The first kappa shape index (κ1) is 25.2. The van der Waals surface area contributed by atoms with Crippen molar-refractivity contribution in [1.82, 2.24) is 14.8 Å². The van der Waals surface area contributed by atoms with E-state index in [1.54, 1.807) is 0 Å². The highest BCUT2D eigenvalue weighted by Gasteiger charge is 2.33. The molecule has 2 heterocycles. The summed E-state index contributed by atoms with van der Waals surface area (Å²) in [6.07, 6.45) is -1.46. The van der Waals surface area contributed by atoms with Crippen LogP contribution >= 0.6 is 11.6 Å². The number of anilines is 2. The van der Waals surface area contributed by atoms with E-state index in [0.29, 0.717) is 11.8 Å². The van der Waals surface area contributed by atoms with Crippen molar-refractivity contribution in [3.05, 3.63) is 82.8 Å². The Morgan fingerprint density at radius 2 is 2.00 bits per heavy atom. The smallest absolute Gasteiger partial charge is 0.435 e. The lowest BCUT2D eigenvalue weighted by Crippen LogP contribution is -2.14. The number of benzene rings is 1. The number of carboxylic acids is 1. The predicted molar refractivity (Wildman–Crippen MR) is 123 cm³/mol. The molecule has 1 aromatic carbocycles. The number of hydrogen-bond acceptors (Lipinski definition) is 7. The third kappa shape index (κ3) is 5.95. The molecular weight excluding hydrogens is 494 g/mol. The number of nitrogens with one attached hydrogen (secondary N) is 1. The molecule has 0 bridgehead atoms. The molecule has 0 unspecified atom stereocenters. The number of nitrogens with two attached hydrogens (primary N) is 2. The number of rotatable bonds is 7. The van der Waals surface area contributed by atoms with Gasteiger partial charge in [0.2, 0.25) is 0 Å². The van der Waals surface area contributed by atoms with E-state index >= 15 is 0 Å². The Balaban J connectivity index is 2.04. The molecule has 35 heavy (non-hydrogen) atoms. The third-order valence-corrected chi connectivity index (χ3v) is 4.71. The Kier molecular flexibility index (Phi) is 7.10. The molecule has 0 saturated heterocycles. The van der Waals surface area contributed by atoms with Gasteiger partial charge in [0, 0.05) is 35.4 Å². The molecule has 3 aromatic rings. The molecule has 0 amide bonds. The Morgan fingerprint density at radius 3 is 2.60 bits per heavy atom. The second-order valence-electron chi connectivity index (χ2n) is 6.86. The minimum Gasteiger partial charge on any atom is -0.478 e. The topological polar surface area (TPSA) is 144 Å². The molecule has 6 N–H and O–H groups in total. The van der Waals surface area contributed by atoms with Gasteiger partial charge in [-0.1, -0.05) is 18.2 Å². The van der Waals surface area contributed by atoms with Gasteiger partial charge in [-0.15, -0.1) is 0 Å². The number of nitrogens with zero attached hydrogens (tertiary/aromatic N) is 4. The van der Waals surface area contributed by atoms with Gasteiger partial charge in [0.1, 0.15) is 28.8 Å². The first-order valence-electron chi connectivity index (χ1n) is 9.44. The third-order valence-electron chi connectivity index (χ3n) is 4.42. The number of halogens is 5. The zero-order valence-corrected chi connectivity index (χ0v) is 18.3. The van der Waals surface area contributed by atoms with Crippen molar-refractivity contribution in [2.75, 3.05) is 11.1 Å². The second kappa shape index (κ2) is 9.85. The number of aromatic nitrogens is 3. The lowest BCUT2D eigenvalue weighted by Gasteiger charge is -2.11. The quantitative estimate of drug-likeness (QED) is 0.274. The van der Waals surface area contributed by atoms with E-state index in [2.05, 4.69) is 27.0 Å². The number of aromatic carboxylic acids is 1. The SMILES string of the molecule is C=C(/N=C\C(=C(/N)n1ccc(C(F)(F)F)n1)c1cnc(N)c(C(=O)O)c1)Nc1ccc(F)c(Cl)c1. The highest BCUT2D eigenvalue weighted by Crippen LogP contribution is 2.28. The van der Waals surface area contributed by atoms with Crippen LogP contribution in [0.1, 0.15) is 21.6 Å². The average Bonchev–Trinajstić information content (AvgIpc) is 3.28. The number of pyridine rings is 1. The van der Waals surface area contributed by atoms with Gasteiger partial charge >= 0.3 is 12.1 Å². The molecule has 0 fully saturated rings. The van der Waals surface area contributed by atoms with Crippen LogP contribution in [0, 0.1) is 5.82 Å². The molecule has 0 aliphatic rings. The zero-order chi connectivity index (χ0) is 25.9. The van der Waals surface area contributed by atoms with Gasteiger partial charge in [-0.2, -0.15) is 18.3 Å². The first-order valence-corrected chi connectivity index (χ1v) is 9.82. The zero-order valence-electron chi connectivity index (χ0n) is 17.5. The van der Waals surface area contributed by atoms with Gasteiger partial charge in [-0.25, -0.2) is 23.8 Å². The van der Waals surface area contributed by atoms with E-state index in [1.807, 2.05) is 0 Å². The van der Waals surface area contributed by atoms with Crippen molar-refractivity contribution in [1.29, 1.82) is 0 Å². The number of nitrogen functional groups attached to an aromatic ring is 1. The second-order valence-corrected chi connectivity index (χ2v) is 7.27. The summed E-state index contributed by atoms with van der Waals surface area (Å²) in [4.78, 5) is 19.3. The van der Waals surface area contributed by atoms with Gasteiger partial charge < -0.3 is 21.9 Å². The minimum atomic E-state index is -4.71. The summed E-state index contributed by atoms with van der Waals surface area (Å²) >= 11 is 5.74. The first-order chi connectivity index (χ1) is 16.4. The van der Waals surface area contributed by atoms with E-state index in [1.165, 1.54) is 18.3 Å². The fourth-order valence-corrected chi connectivity index (χ4v) is 2.91. The van der Waals surface area contributed by atoms with Gasteiger partial charge in [-0.05, 0) is 30.3 Å². The summed E-state index contributed by atoms with van der Waals surface area (Å²) in [6, 6.07) is 5.62. The summed E-state index contributed by atoms with van der Waals surface area (Å²) in [5.74, 6) is -2.62. The monoisotopic (exact) mass is 509 g/mol. The minimum absolute atomic E-state index is 0.0104. The van der Waals surface area contributed by atoms with Crippen LogP contribution in [-0.4, -0.2) is 32.1 Å². The maximum absolute atomic E-state index is 13.4. The fraction of sp³-hybridized carbons (Fsp3) is 0.0476. The predicted octanol–water partition coefficient (Wildman–Crippen LogP) is 4.31. The highest BCUT2D eigenvalue weighted by atomic mass is 35.5. The van der Waals surface area contributed by atoms with Crippen LogP contribution in [0.5, 0.6) is 0 Å². The summed E-state index contributed by atoms with van der Waals surface area (Å²) < 4.78 is 53.1. The van der Waals surface area contributed by atoms with E-state index in [9.17, 15) is 27.5 Å². The summed E-state index contributed by atoms with van der Waals surface area (Å²) in [5.41, 5.74) is 10.5. The van der Waals surface area contributed by atoms with Crippen molar-refractivity contribution < 1.29 is 27.5 Å². The molecular formula is C21H16ClF4N7O2. The number of alkyl halides is 3. The number of carbonyl (C=O) groups is 1. The van der Waals surface area contributed by atoms with Crippen LogP contribution in [0.4, 0.5) is 29.1 Å². The van der Waals surface area contributed by atoms with Crippen LogP contribution in [0.25, 0.3) is 11.4 Å². The van der Waals surface area contributed by atoms with E-state index in [4.69, 9.17) is 23.1 Å². The van der Waals surface area contributed by atoms with Crippen molar-refractivity contribution in [3.8, 4) is 0 Å². The Labute approximate surface area is 200 Å². The Bertz CT molecular complexity index is 1370. The van der Waals surface area contributed by atoms with Crippen LogP contribution in [0.2, 0.25) is 5.02 Å². The molecule has 0 radical (unpaired) electrons. The molecule has 0 spiro atoms. The lowest BCUT2D eigenvalue weighted by molar-refractivity contribution is -0.141. The molecule has 0 aliphatic heterocycles. The molecule has 2 aromatic heterocycles. The maximum atomic E-state index is 13.4. The van der Waals surface area contributed by atoms with Gasteiger partial charge in [0.25, 0.3) is 0 Å². The van der Waals surface area contributed by atoms with Crippen molar-refractivity contribution in [3.63, 3.8) is 0 Å². The molecule has 182 valence electrons. The van der Waals surface area contributed by atoms with Gasteiger partial charge in [0.15, 0.2) is 5.69 Å². The van der Waals surface area contributed by atoms with Crippen molar-refractivity contribution >= 4 is 46.7 Å². The van der Waals surface area contributed by atoms with Crippen LogP contribution in [0.3, 0.4) is 0 Å². The normalized spacial score (nSPS) is 12.5. The molecule has 0 aliphatic carbocycles. The molecule has 14 heteroatoms. The van der Waals surface area contributed by atoms with Crippen molar-refractivity contribution in [2.45, 2.75) is 6.18 Å². The summed E-state index contributed by atoms with van der Waals surface area (Å²) in [7, 11) is 0. The Morgan fingerprint density at radius 1 is 1.29 bits per heavy atom. The number of allylic oxidation sites excluding steroid dienone is 1. The Hall–Kier alpha value is -4.39. The van der Waals surface area contributed by atoms with Crippen LogP contribution in [0.15, 0.2) is 60.1 Å². The van der Waals surface area contributed by atoms with Gasteiger partial charge in [-0.3, -0.25) is 0 Å². The number of aliphatic imine (C=N–C) groups is 1. The van der Waals surface area contributed by atoms with Gasteiger partial charge in [0.05, 0.1) is 5.02 Å². The maximum Gasteiger partial charge on any atom is 0.435 e. The molecule has 3 rings (SSSR count). The molecule has 9 nitrogen and oxygen atoms in total. The summed E-state index contributed by atoms with van der Waals surface area (Å²) in [5, 5.41) is 15.4. The molecule has 0 atom stereocenters. The fourth-order valence-electron chi connectivity index (χ4n) is 2.73.